The molecule has 0 radical (unpaired) electrons. The highest BCUT2D eigenvalue weighted by atomic mass is 16.4. The van der Waals surface area contributed by atoms with E-state index in [-0.39, 0.29) is 12.1 Å². The van der Waals surface area contributed by atoms with Crippen LogP contribution in [0.25, 0.3) is 6.08 Å². The summed E-state index contributed by atoms with van der Waals surface area (Å²) in [6.45, 7) is -0.196. The number of rotatable bonds is 4. The Kier molecular flexibility index (Phi) is 3.51. The van der Waals surface area contributed by atoms with E-state index in [0.717, 1.165) is 11.2 Å². The molecule has 1 aromatic carbocycles. The highest BCUT2D eigenvalue weighted by Gasteiger charge is 2.27. The lowest BCUT2D eigenvalue weighted by atomic mass is 10.1. The standard InChI is InChI=1S/C13H10N2O4/c16-11-12(17)15(8-14-11)7-10(13(18)19)6-9-4-2-1-3-5-9/h1-6,8H,7H2,(H,18,19). The molecule has 1 N–H and O–H groups in total. The number of hydrogen-bond donors (Lipinski definition) is 1. The summed E-state index contributed by atoms with van der Waals surface area (Å²) in [6, 6.07) is 8.85. The van der Waals surface area contributed by atoms with E-state index in [0.29, 0.717) is 5.56 Å². The second-order valence-corrected chi connectivity index (χ2v) is 3.87. The van der Waals surface area contributed by atoms with Crippen LogP contribution >= 0.6 is 0 Å². The Morgan fingerprint density at radius 1 is 1.26 bits per heavy atom. The molecule has 2 amide bonds. The third-order valence-corrected chi connectivity index (χ3v) is 2.51. The molecular weight excluding hydrogens is 248 g/mol. The summed E-state index contributed by atoms with van der Waals surface area (Å²) in [5, 5.41) is 9.11. The predicted molar refractivity (Wildman–Crippen MR) is 67.3 cm³/mol. The van der Waals surface area contributed by atoms with Crippen molar-refractivity contribution in [2.24, 2.45) is 4.99 Å². The van der Waals surface area contributed by atoms with Gasteiger partial charge in [-0.25, -0.2) is 4.79 Å². The summed E-state index contributed by atoms with van der Waals surface area (Å²) in [6.07, 6.45) is 2.50. The number of nitrogens with zero attached hydrogens (tertiary/aromatic N) is 2. The van der Waals surface area contributed by atoms with Gasteiger partial charge in [0.1, 0.15) is 6.34 Å². The van der Waals surface area contributed by atoms with Crippen LogP contribution in [0.2, 0.25) is 0 Å². The quantitative estimate of drug-likeness (QED) is 0.631. The fourth-order valence-electron chi connectivity index (χ4n) is 1.57. The maximum atomic E-state index is 11.3. The summed E-state index contributed by atoms with van der Waals surface area (Å²) in [7, 11) is 0. The van der Waals surface area contributed by atoms with Gasteiger partial charge in [-0.05, 0) is 11.6 Å². The Balaban J connectivity index is 2.21. The molecule has 0 spiro atoms. The van der Waals surface area contributed by atoms with E-state index in [1.165, 1.54) is 6.08 Å². The highest BCUT2D eigenvalue weighted by Crippen LogP contribution is 2.10. The van der Waals surface area contributed by atoms with Crippen molar-refractivity contribution in [3.05, 3.63) is 41.5 Å². The average molecular weight is 258 g/mol. The molecule has 0 bridgehead atoms. The monoisotopic (exact) mass is 258 g/mol. The van der Waals surface area contributed by atoms with Gasteiger partial charge >= 0.3 is 17.8 Å². The van der Waals surface area contributed by atoms with Crippen molar-refractivity contribution in [1.29, 1.82) is 0 Å². The Morgan fingerprint density at radius 2 is 1.95 bits per heavy atom. The fraction of sp³-hybridized carbons (Fsp3) is 0.0769. The van der Waals surface area contributed by atoms with Gasteiger partial charge < -0.3 is 5.11 Å². The molecule has 0 saturated carbocycles. The molecule has 0 aromatic heterocycles. The third-order valence-electron chi connectivity index (χ3n) is 2.51. The topological polar surface area (TPSA) is 87.0 Å². The van der Waals surface area contributed by atoms with E-state index in [1.807, 2.05) is 6.07 Å². The molecule has 1 aliphatic rings. The minimum Gasteiger partial charge on any atom is -0.478 e. The van der Waals surface area contributed by atoms with Gasteiger partial charge in [-0.15, -0.1) is 0 Å². The Bertz CT molecular complexity index is 590. The molecule has 2 rings (SSSR count). The van der Waals surface area contributed by atoms with Crippen LogP contribution in [-0.2, 0) is 14.4 Å². The number of hydrogen-bond acceptors (Lipinski definition) is 3. The van der Waals surface area contributed by atoms with E-state index < -0.39 is 17.8 Å². The summed E-state index contributed by atoms with van der Waals surface area (Å²) in [4.78, 5) is 37.7. The van der Waals surface area contributed by atoms with E-state index in [9.17, 15) is 14.4 Å². The van der Waals surface area contributed by atoms with Crippen molar-refractivity contribution in [3.8, 4) is 0 Å². The van der Waals surface area contributed by atoms with Crippen LogP contribution < -0.4 is 0 Å². The number of amides is 2. The number of carboxylic acid groups (broad SMARTS) is 1. The lowest BCUT2D eigenvalue weighted by Gasteiger charge is -2.11. The molecule has 0 fully saturated rings. The second kappa shape index (κ2) is 5.26. The minimum absolute atomic E-state index is 0.000648. The highest BCUT2D eigenvalue weighted by molar-refractivity contribution is 6.41. The molecule has 96 valence electrons. The van der Waals surface area contributed by atoms with E-state index >= 15 is 0 Å². The van der Waals surface area contributed by atoms with E-state index in [4.69, 9.17) is 5.11 Å². The van der Waals surface area contributed by atoms with Crippen LogP contribution in [0.15, 0.2) is 40.9 Å². The first-order valence-electron chi connectivity index (χ1n) is 5.46. The Hall–Kier alpha value is -2.76. The van der Waals surface area contributed by atoms with Gasteiger partial charge in [0.15, 0.2) is 0 Å². The Labute approximate surface area is 108 Å². The molecule has 0 aliphatic carbocycles. The van der Waals surface area contributed by atoms with Gasteiger partial charge in [-0.2, -0.15) is 4.99 Å². The molecule has 19 heavy (non-hydrogen) atoms. The summed E-state index contributed by atoms with van der Waals surface area (Å²) in [5.74, 6) is -2.85. The molecular formula is C13H10N2O4. The molecule has 6 nitrogen and oxygen atoms in total. The van der Waals surface area contributed by atoms with Gasteiger partial charge in [0.25, 0.3) is 0 Å². The Morgan fingerprint density at radius 3 is 2.47 bits per heavy atom. The normalized spacial score (nSPS) is 15.2. The van der Waals surface area contributed by atoms with Crippen LogP contribution in [0.4, 0.5) is 0 Å². The number of carboxylic acids is 1. The number of benzene rings is 1. The molecule has 0 atom stereocenters. The molecule has 1 heterocycles. The zero-order valence-electron chi connectivity index (χ0n) is 9.81. The van der Waals surface area contributed by atoms with E-state index in [1.54, 1.807) is 24.3 Å². The van der Waals surface area contributed by atoms with E-state index in [2.05, 4.69) is 4.99 Å². The molecule has 0 saturated heterocycles. The van der Waals surface area contributed by atoms with Crippen LogP contribution in [0, 0.1) is 0 Å². The first-order valence-corrected chi connectivity index (χ1v) is 5.46. The first kappa shape index (κ1) is 12.7. The van der Waals surface area contributed by atoms with Gasteiger partial charge in [0, 0.05) is 0 Å². The number of carbonyl (C=O) groups is 3. The van der Waals surface area contributed by atoms with Gasteiger partial charge in [-0.3, -0.25) is 14.5 Å². The van der Waals surface area contributed by atoms with Crippen LogP contribution in [0.1, 0.15) is 5.56 Å². The second-order valence-electron chi connectivity index (χ2n) is 3.87. The molecule has 6 heteroatoms. The van der Waals surface area contributed by atoms with Crippen molar-refractivity contribution < 1.29 is 19.5 Å². The smallest absolute Gasteiger partial charge is 0.336 e. The van der Waals surface area contributed by atoms with Gasteiger partial charge in [-0.1, -0.05) is 30.3 Å². The summed E-state index contributed by atoms with van der Waals surface area (Å²) < 4.78 is 0. The number of carbonyl (C=O) groups excluding carboxylic acids is 2. The maximum Gasteiger partial charge on any atom is 0.336 e. The molecule has 1 aromatic rings. The lowest BCUT2D eigenvalue weighted by molar-refractivity contribution is -0.140. The van der Waals surface area contributed by atoms with Crippen molar-refractivity contribution in [1.82, 2.24) is 4.90 Å². The van der Waals surface area contributed by atoms with Crippen molar-refractivity contribution >= 4 is 30.2 Å². The minimum atomic E-state index is -1.15. The van der Waals surface area contributed by atoms with Crippen molar-refractivity contribution in [2.75, 3.05) is 6.54 Å². The largest absolute Gasteiger partial charge is 0.478 e. The molecule has 0 unspecified atom stereocenters. The van der Waals surface area contributed by atoms with Crippen LogP contribution in [0.3, 0.4) is 0 Å². The summed E-state index contributed by atoms with van der Waals surface area (Å²) in [5.41, 5.74) is 0.704. The number of aliphatic carboxylic acids is 1. The molecule has 1 aliphatic heterocycles. The maximum absolute atomic E-state index is 11.3. The summed E-state index contributed by atoms with van der Waals surface area (Å²) >= 11 is 0. The number of aliphatic imine (C=N–C) groups is 1. The van der Waals surface area contributed by atoms with Crippen LogP contribution in [0.5, 0.6) is 0 Å². The van der Waals surface area contributed by atoms with Crippen molar-refractivity contribution in [2.45, 2.75) is 0 Å². The van der Waals surface area contributed by atoms with Gasteiger partial charge in [0.2, 0.25) is 0 Å². The van der Waals surface area contributed by atoms with Crippen LogP contribution in [-0.4, -0.2) is 40.7 Å². The first-order chi connectivity index (χ1) is 9.08. The predicted octanol–water partition coefficient (Wildman–Crippen LogP) is 0.552. The fourth-order valence-corrected chi connectivity index (χ4v) is 1.57. The van der Waals surface area contributed by atoms with Crippen molar-refractivity contribution in [3.63, 3.8) is 0 Å². The third kappa shape index (κ3) is 2.92. The SMILES string of the molecule is O=C(O)C(=Cc1ccccc1)CN1C=NC(=O)C1=O. The zero-order chi connectivity index (χ0) is 13.8. The lowest BCUT2D eigenvalue weighted by Crippen LogP contribution is -2.31. The average Bonchev–Trinajstić information content (AvgIpc) is 2.71. The zero-order valence-corrected chi connectivity index (χ0v) is 9.81. The van der Waals surface area contributed by atoms with Gasteiger partial charge in [0.05, 0.1) is 12.1 Å².